The van der Waals surface area contributed by atoms with Crippen molar-refractivity contribution >= 4 is 26.5 Å². The van der Waals surface area contributed by atoms with E-state index in [0.717, 1.165) is 12.1 Å². The van der Waals surface area contributed by atoms with Crippen LogP contribution in [0.3, 0.4) is 0 Å². The van der Waals surface area contributed by atoms with E-state index in [2.05, 4.69) is 20.5 Å². The van der Waals surface area contributed by atoms with E-state index < -0.39 is 10.4 Å². The Morgan fingerprint density at radius 3 is 2.65 bits per heavy atom. The topological polar surface area (TPSA) is 66.7 Å². The lowest BCUT2D eigenvalue weighted by Crippen LogP contribution is -2.34. The van der Waals surface area contributed by atoms with Gasteiger partial charge in [-0.05, 0) is 37.6 Å². The summed E-state index contributed by atoms with van der Waals surface area (Å²) < 4.78 is 16.1. The second-order valence-electron chi connectivity index (χ2n) is 6.03. The van der Waals surface area contributed by atoms with E-state index in [0.29, 0.717) is 22.6 Å². The molecule has 0 aliphatic carbocycles. The van der Waals surface area contributed by atoms with E-state index in [1.54, 1.807) is 42.6 Å². The zero-order valence-corrected chi connectivity index (χ0v) is 15.6. The number of nitrogens with zero attached hydrogens (tertiary/aromatic N) is 3. The van der Waals surface area contributed by atoms with E-state index in [1.807, 2.05) is 19.9 Å². The fraction of sp³-hybridized carbons (Fsp3) is 0.263. The van der Waals surface area contributed by atoms with E-state index in [9.17, 15) is 4.79 Å². The van der Waals surface area contributed by atoms with Crippen LogP contribution in [-0.4, -0.2) is 26.9 Å². The molecule has 1 unspecified atom stereocenters. The third-order valence-corrected chi connectivity index (χ3v) is 6.60. The molecule has 2 heterocycles. The second-order valence-corrected chi connectivity index (χ2v) is 8.52. The third-order valence-electron chi connectivity index (χ3n) is 4.02. The Morgan fingerprint density at radius 2 is 1.96 bits per heavy atom. The van der Waals surface area contributed by atoms with Gasteiger partial charge in [0.1, 0.15) is 5.04 Å². The maximum absolute atomic E-state index is 16.1. The Kier molecular flexibility index (Phi) is 5.46. The lowest BCUT2D eigenvalue weighted by molar-refractivity contribution is 0.0977. The number of unbranched alkanes of at least 4 members (excludes halogenated alkanes) is 1. The van der Waals surface area contributed by atoms with E-state index in [1.165, 1.54) is 0 Å². The summed E-state index contributed by atoms with van der Waals surface area (Å²) in [5, 5.41) is 11.1. The first-order valence-corrected chi connectivity index (χ1v) is 10.2. The lowest BCUT2D eigenvalue weighted by atomic mass is 10.2. The molecular weight excluding hydrogens is 351 g/mol. The highest BCUT2D eigenvalue weighted by Crippen LogP contribution is 2.57. The van der Waals surface area contributed by atoms with Gasteiger partial charge in [-0.2, -0.15) is 3.89 Å². The van der Waals surface area contributed by atoms with Crippen LogP contribution in [0.5, 0.6) is 0 Å². The Bertz CT molecular complexity index is 869. The predicted molar refractivity (Wildman–Crippen MR) is 105 cm³/mol. The lowest BCUT2D eigenvalue weighted by Gasteiger charge is -2.28. The van der Waals surface area contributed by atoms with Crippen LogP contribution in [0.4, 0.5) is 3.89 Å². The molecule has 1 aliphatic rings. The highest BCUT2D eigenvalue weighted by molar-refractivity contribution is 8.52. The van der Waals surface area contributed by atoms with Gasteiger partial charge in [0, 0.05) is 39.2 Å². The monoisotopic (exact) mass is 372 g/mol. The number of hydrogen-bond donors (Lipinski definition) is 1. The van der Waals surface area contributed by atoms with Gasteiger partial charge >= 0.3 is 0 Å². The van der Waals surface area contributed by atoms with Crippen molar-refractivity contribution in [2.45, 2.75) is 26.7 Å². The van der Waals surface area contributed by atoms with Gasteiger partial charge in [0.05, 0.1) is 0 Å². The molecule has 2 aromatic rings. The van der Waals surface area contributed by atoms with Crippen LogP contribution >= 0.6 is 10.4 Å². The van der Waals surface area contributed by atoms with Crippen molar-refractivity contribution in [3.05, 3.63) is 65.5 Å². The summed E-state index contributed by atoms with van der Waals surface area (Å²) in [7, 11) is -2.98. The average Bonchev–Trinajstić information content (AvgIpc) is 2.97. The van der Waals surface area contributed by atoms with Gasteiger partial charge in [-0.25, -0.2) is 0 Å². The molecule has 1 aliphatic heterocycles. The molecule has 0 spiro atoms. The first-order valence-electron chi connectivity index (χ1n) is 8.50. The van der Waals surface area contributed by atoms with Crippen molar-refractivity contribution in [2.75, 3.05) is 5.75 Å². The Balaban J connectivity index is 1.88. The van der Waals surface area contributed by atoms with Crippen LogP contribution in [0.1, 0.15) is 41.4 Å². The molecule has 5 nitrogen and oxygen atoms in total. The molecular formula is C19H21FN4OS. The van der Waals surface area contributed by atoms with Gasteiger partial charge in [-0.15, -0.1) is 10.2 Å². The third kappa shape index (κ3) is 3.67. The molecule has 1 amide bonds. The molecule has 0 radical (unpaired) electrons. The predicted octanol–water partition coefficient (Wildman–Crippen LogP) is 4.34. The molecule has 1 atom stereocenters. The minimum atomic E-state index is -2.98. The molecule has 0 saturated heterocycles. The molecule has 1 N–H and O–H groups in total. The SMILES string of the molecule is CCCCS1(F)C(NC(=O)c2ccccc2)=NN=C1c1ccnc(C)c1. The van der Waals surface area contributed by atoms with Crippen LogP contribution in [0.25, 0.3) is 0 Å². The summed E-state index contributed by atoms with van der Waals surface area (Å²) in [6.45, 7) is 3.85. The number of carbonyl (C=O) groups excluding carboxylic acids is 1. The number of aryl methyl sites for hydroxylation is 1. The fourth-order valence-corrected chi connectivity index (χ4v) is 4.99. The fourth-order valence-electron chi connectivity index (χ4n) is 2.64. The zero-order chi connectivity index (χ0) is 18.6. The van der Waals surface area contributed by atoms with Crippen LogP contribution in [-0.2, 0) is 0 Å². The van der Waals surface area contributed by atoms with E-state index >= 15 is 3.89 Å². The van der Waals surface area contributed by atoms with E-state index in [4.69, 9.17) is 0 Å². The first kappa shape index (κ1) is 18.3. The second kappa shape index (κ2) is 7.78. The number of carbonyl (C=O) groups is 1. The number of hydrogen-bond acceptors (Lipinski definition) is 4. The van der Waals surface area contributed by atoms with Gasteiger partial charge in [-0.1, -0.05) is 31.5 Å². The van der Waals surface area contributed by atoms with Crippen LogP contribution < -0.4 is 5.32 Å². The molecule has 136 valence electrons. The van der Waals surface area contributed by atoms with Gasteiger partial charge in [0.2, 0.25) is 5.17 Å². The molecule has 0 saturated carbocycles. The highest BCUT2D eigenvalue weighted by Gasteiger charge is 2.41. The highest BCUT2D eigenvalue weighted by atomic mass is 32.3. The van der Waals surface area contributed by atoms with Gasteiger partial charge in [0.15, 0.2) is 0 Å². The number of pyridine rings is 1. The molecule has 0 fully saturated rings. The summed E-state index contributed by atoms with van der Waals surface area (Å²) in [5.41, 5.74) is 1.91. The quantitative estimate of drug-likeness (QED) is 0.848. The molecule has 3 rings (SSSR count). The van der Waals surface area contributed by atoms with Crippen LogP contribution in [0.2, 0.25) is 0 Å². The van der Waals surface area contributed by atoms with Crippen molar-refractivity contribution in [1.82, 2.24) is 10.3 Å². The first-order chi connectivity index (χ1) is 12.5. The smallest absolute Gasteiger partial charge is 0.257 e. The zero-order valence-electron chi connectivity index (χ0n) is 14.8. The molecule has 26 heavy (non-hydrogen) atoms. The minimum Gasteiger partial charge on any atom is -0.299 e. The van der Waals surface area contributed by atoms with E-state index in [-0.39, 0.29) is 16.8 Å². The maximum Gasteiger partial charge on any atom is 0.257 e. The molecule has 1 aromatic heterocycles. The summed E-state index contributed by atoms with van der Waals surface area (Å²) in [6, 6.07) is 12.2. The Hall–Kier alpha value is -2.54. The number of nitrogens with one attached hydrogen (secondary N) is 1. The number of aromatic nitrogens is 1. The number of halogens is 1. The van der Waals surface area contributed by atoms with Gasteiger partial charge in [-0.3, -0.25) is 15.1 Å². The minimum absolute atomic E-state index is 0.0317. The molecule has 7 heteroatoms. The van der Waals surface area contributed by atoms with Gasteiger partial charge in [0.25, 0.3) is 5.91 Å². The summed E-state index contributed by atoms with van der Waals surface area (Å²) in [5.74, 6) is -0.0878. The summed E-state index contributed by atoms with van der Waals surface area (Å²) >= 11 is 0. The normalized spacial score (nSPS) is 21.5. The average molecular weight is 372 g/mol. The van der Waals surface area contributed by atoms with Crippen molar-refractivity contribution in [3.8, 4) is 0 Å². The van der Waals surface area contributed by atoms with Crippen LogP contribution in [0, 0.1) is 6.92 Å². The molecule has 0 bridgehead atoms. The standard InChI is InChI=1S/C19H21FN4OS/c1-3-4-12-26(20)18(16-10-11-21-14(2)13-16)23-24-19(26)22-17(25)15-8-6-5-7-9-15/h5-11,13H,3-4,12H2,1-2H3,(H,22,24,25). The largest absolute Gasteiger partial charge is 0.299 e. The van der Waals surface area contributed by atoms with Crippen molar-refractivity contribution < 1.29 is 8.68 Å². The van der Waals surface area contributed by atoms with Gasteiger partial charge < -0.3 is 0 Å². The summed E-state index contributed by atoms with van der Waals surface area (Å²) in [6.07, 6.45) is 3.17. The summed E-state index contributed by atoms with van der Waals surface area (Å²) in [4.78, 5) is 16.6. The number of amidine groups is 1. The maximum atomic E-state index is 16.1. The van der Waals surface area contributed by atoms with Crippen molar-refractivity contribution in [1.29, 1.82) is 0 Å². The number of benzene rings is 1. The van der Waals surface area contributed by atoms with Crippen LogP contribution in [0.15, 0.2) is 58.9 Å². The molecule has 1 aromatic carbocycles. The number of amides is 1. The Morgan fingerprint density at radius 1 is 1.19 bits per heavy atom. The van der Waals surface area contributed by atoms with Crippen molar-refractivity contribution in [3.63, 3.8) is 0 Å². The number of rotatable bonds is 5. The van der Waals surface area contributed by atoms with Crippen molar-refractivity contribution in [2.24, 2.45) is 10.2 Å². The Labute approximate surface area is 154 Å².